The molecule has 0 saturated carbocycles. The molecule has 2 nitrogen and oxygen atoms in total. The number of hydrogen-bond acceptors (Lipinski definition) is 2. The van der Waals surface area contributed by atoms with Gasteiger partial charge in [-0.25, -0.2) is 0 Å². The van der Waals surface area contributed by atoms with Gasteiger partial charge in [0.2, 0.25) is 0 Å². The molecule has 0 aliphatic carbocycles. The molecule has 0 atom stereocenters. The Balaban J connectivity index is 3.11. The van der Waals surface area contributed by atoms with E-state index in [1.54, 1.807) is 0 Å². The maximum atomic E-state index is 9.05. The summed E-state index contributed by atoms with van der Waals surface area (Å²) in [6.45, 7) is 9.44. The normalized spacial score (nSPS) is 9.40. The molecule has 0 heterocycles. The van der Waals surface area contributed by atoms with E-state index in [1.807, 2.05) is 31.2 Å². The van der Waals surface area contributed by atoms with E-state index in [1.165, 1.54) is 0 Å². The van der Waals surface area contributed by atoms with Crippen LogP contribution in [0.2, 0.25) is 0 Å². The molecule has 2 heteroatoms. The average Bonchev–Trinajstić information content (AvgIpc) is 2.26. The van der Waals surface area contributed by atoms with Crippen LogP contribution in [0.5, 0.6) is 0 Å². The predicted molar refractivity (Wildman–Crippen MR) is 64.0 cm³/mol. The third kappa shape index (κ3) is 2.60. The number of hydrogen-bond donors (Lipinski definition) is 0. The van der Waals surface area contributed by atoms with Crippen molar-refractivity contribution in [3.63, 3.8) is 0 Å². The smallest absolute Gasteiger partial charge is 0.101 e. The lowest BCUT2D eigenvalue weighted by molar-refractivity contribution is 0.904. The Morgan fingerprint density at radius 1 is 1.53 bits per heavy atom. The molecule has 0 fully saturated rings. The van der Waals surface area contributed by atoms with Crippen LogP contribution in [0.25, 0.3) is 0 Å². The fraction of sp³-hybridized carbons (Fsp3) is 0.308. The molecule has 15 heavy (non-hydrogen) atoms. The number of benzene rings is 1. The highest BCUT2D eigenvalue weighted by Gasteiger charge is 2.07. The molecule has 0 aliphatic rings. The van der Waals surface area contributed by atoms with Crippen molar-refractivity contribution in [1.82, 2.24) is 0 Å². The summed E-state index contributed by atoms with van der Waals surface area (Å²) in [5.41, 5.74) is 2.84. The lowest BCUT2D eigenvalue weighted by Crippen LogP contribution is -2.23. The number of rotatable bonds is 4. The van der Waals surface area contributed by atoms with Crippen molar-refractivity contribution in [2.45, 2.75) is 13.8 Å². The fourth-order valence-corrected chi connectivity index (χ4v) is 1.57. The standard InChI is InChI=1S/C13H16N2/c1-4-8-15(5-2)13-7-6-11(3)9-12(13)10-14/h4,6-7,9H,1,5,8H2,2-3H3. The molecular weight excluding hydrogens is 184 g/mol. The SMILES string of the molecule is C=CCN(CC)c1ccc(C)cc1C#N. The zero-order valence-corrected chi connectivity index (χ0v) is 9.33. The van der Waals surface area contributed by atoms with Crippen molar-refractivity contribution >= 4 is 5.69 Å². The molecule has 1 aromatic carbocycles. The van der Waals surface area contributed by atoms with Gasteiger partial charge in [-0.2, -0.15) is 5.26 Å². The summed E-state index contributed by atoms with van der Waals surface area (Å²) >= 11 is 0. The second kappa shape index (κ2) is 5.21. The maximum Gasteiger partial charge on any atom is 0.101 e. The van der Waals surface area contributed by atoms with E-state index in [4.69, 9.17) is 5.26 Å². The summed E-state index contributed by atoms with van der Waals surface area (Å²) in [5.74, 6) is 0. The molecule has 1 aromatic rings. The van der Waals surface area contributed by atoms with Gasteiger partial charge in [0.15, 0.2) is 0 Å². The number of aryl methyl sites for hydroxylation is 1. The largest absolute Gasteiger partial charge is 0.367 e. The molecule has 0 amide bonds. The Morgan fingerprint density at radius 3 is 2.80 bits per heavy atom. The Labute approximate surface area is 91.4 Å². The molecule has 78 valence electrons. The highest BCUT2D eigenvalue weighted by Crippen LogP contribution is 2.20. The Hall–Kier alpha value is -1.75. The van der Waals surface area contributed by atoms with Gasteiger partial charge in [0.1, 0.15) is 6.07 Å². The molecule has 0 aromatic heterocycles. The summed E-state index contributed by atoms with van der Waals surface area (Å²) in [6.07, 6.45) is 1.85. The molecule has 0 bridgehead atoms. The van der Waals surface area contributed by atoms with Gasteiger partial charge in [0.05, 0.1) is 11.3 Å². The first kappa shape index (κ1) is 11.3. The minimum Gasteiger partial charge on any atom is -0.367 e. The molecule has 0 unspecified atom stereocenters. The molecule has 0 spiro atoms. The van der Waals surface area contributed by atoms with Crippen molar-refractivity contribution < 1.29 is 0 Å². The number of nitrogens with zero attached hydrogens (tertiary/aromatic N) is 2. The minimum absolute atomic E-state index is 0.735. The number of nitriles is 1. The van der Waals surface area contributed by atoms with Gasteiger partial charge in [0, 0.05) is 13.1 Å². The summed E-state index contributed by atoms with van der Waals surface area (Å²) < 4.78 is 0. The van der Waals surface area contributed by atoms with Crippen molar-refractivity contribution in [1.29, 1.82) is 5.26 Å². The number of likely N-dealkylation sites (N-methyl/N-ethyl adjacent to an activating group) is 1. The third-order valence-electron chi connectivity index (χ3n) is 2.34. The zero-order chi connectivity index (χ0) is 11.3. The average molecular weight is 200 g/mol. The maximum absolute atomic E-state index is 9.05. The first-order chi connectivity index (χ1) is 7.22. The number of anilines is 1. The Kier molecular flexibility index (Phi) is 3.93. The molecule has 0 saturated heterocycles. The topological polar surface area (TPSA) is 27.0 Å². The Morgan fingerprint density at radius 2 is 2.27 bits per heavy atom. The van der Waals surface area contributed by atoms with E-state index in [-0.39, 0.29) is 0 Å². The van der Waals surface area contributed by atoms with E-state index in [9.17, 15) is 0 Å². The van der Waals surface area contributed by atoms with E-state index in [0.717, 1.165) is 29.9 Å². The van der Waals surface area contributed by atoms with Crippen LogP contribution in [0.1, 0.15) is 18.1 Å². The van der Waals surface area contributed by atoms with Crippen molar-refractivity contribution in [2.24, 2.45) is 0 Å². The lowest BCUT2D eigenvalue weighted by Gasteiger charge is -2.22. The van der Waals surface area contributed by atoms with E-state index < -0.39 is 0 Å². The summed E-state index contributed by atoms with van der Waals surface area (Å²) in [7, 11) is 0. The summed E-state index contributed by atoms with van der Waals surface area (Å²) in [6, 6.07) is 8.18. The molecule has 0 N–H and O–H groups in total. The first-order valence-electron chi connectivity index (χ1n) is 5.09. The van der Waals surface area contributed by atoms with E-state index >= 15 is 0 Å². The second-order valence-corrected chi connectivity index (χ2v) is 3.46. The van der Waals surface area contributed by atoms with Gasteiger partial charge in [-0.15, -0.1) is 6.58 Å². The third-order valence-corrected chi connectivity index (χ3v) is 2.34. The van der Waals surface area contributed by atoms with E-state index in [2.05, 4.69) is 24.5 Å². The van der Waals surface area contributed by atoms with Crippen molar-refractivity contribution in [2.75, 3.05) is 18.0 Å². The van der Waals surface area contributed by atoms with Gasteiger partial charge < -0.3 is 4.90 Å². The molecule has 0 aliphatic heterocycles. The lowest BCUT2D eigenvalue weighted by atomic mass is 10.1. The first-order valence-corrected chi connectivity index (χ1v) is 5.09. The molecule has 1 rings (SSSR count). The van der Waals surface area contributed by atoms with Crippen LogP contribution >= 0.6 is 0 Å². The Bertz CT molecular complexity index is 388. The van der Waals surface area contributed by atoms with Crippen LogP contribution in [0.3, 0.4) is 0 Å². The van der Waals surface area contributed by atoms with Crippen LogP contribution in [0, 0.1) is 18.3 Å². The fourth-order valence-electron chi connectivity index (χ4n) is 1.57. The minimum atomic E-state index is 0.735. The van der Waals surface area contributed by atoms with Crippen LogP contribution < -0.4 is 4.90 Å². The predicted octanol–water partition coefficient (Wildman–Crippen LogP) is 2.88. The van der Waals surface area contributed by atoms with E-state index in [0.29, 0.717) is 0 Å². The summed E-state index contributed by atoms with van der Waals surface area (Å²) in [5, 5.41) is 9.05. The second-order valence-electron chi connectivity index (χ2n) is 3.46. The van der Waals surface area contributed by atoms with Gasteiger partial charge in [0.25, 0.3) is 0 Å². The molecule has 0 radical (unpaired) electrons. The zero-order valence-electron chi connectivity index (χ0n) is 9.33. The van der Waals surface area contributed by atoms with Crippen LogP contribution in [0.4, 0.5) is 5.69 Å². The van der Waals surface area contributed by atoms with Crippen LogP contribution in [0.15, 0.2) is 30.9 Å². The van der Waals surface area contributed by atoms with Gasteiger partial charge in [-0.3, -0.25) is 0 Å². The van der Waals surface area contributed by atoms with Crippen molar-refractivity contribution in [3.8, 4) is 6.07 Å². The van der Waals surface area contributed by atoms with Crippen LogP contribution in [-0.2, 0) is 0 Å². The monoisotopic (exact) mass is 200 g/mol. The van der Waals surface area contributed by atoms with Gasteiger partial charge in [-0.05, 0) is 31.5 Å². The van der Waals surface area contributed by atoms with Gasteiger partial charge >= 0.3 is 0 Å². The molecular formula is C13H16N2. The summed E-state index contributed by atoms with van der Waals surface area (Å²) in [4.78, 5) is 2.13. The van der Waals surface area contributed by atoms with Gasteiger partial charge in [-0.1, -0.05) is 12.1 Å². The quantitative estimate of drug-likeness (QED) is 0.699. The van der Waals surface area contributed by atoms with Crippen molar-refractivity contribution in [3.05, 3.63) is 42.0 Å². The highest BCUT2D eigenvalue weighted by atomic mass is 15.1. The van der Waals surface area contributed by atoms with Crippen LogP contribution in [-0.4, -0.2) is 13.1 Å². The highest BCUT2D eigenvalue weighted by molar-refractivity contribution is 5.60.